The van der Waals surface area contributed by atoms with Crippen LogP contribution < -0.4 is 20.5 Å². The van der Waals surface area contributed by atoms with Crippen LogP contribution >= 0.6 is 11.6 Å². The van der Waals surface area contributed by atoms with E-state index in [1.165, 1.54) is 0 Å². The van der Waals surface area contributed by atoms with Gasteiger partial charge in [-0.2, -0.15) is 0 Å². The van der Waals surface area contributed by atoms with Crippen LogP contribution in [0.25, 0.3) is 0 Å². The first-order chi connectivity index (χ1) is 16.0. The van der Waals surface area contributed by atoms with E-state index in [2.05, 4.69) is 5.32 Å². The number of halogens is 1. The highest BCUT2D eigenvalue weighted by molar-refractivity contribution is 6.31. The number of ether oxygens (including phenoxy) is 2. The molecule has 0 aromatic heterocycles. The minimum absolute atomic E-state index is 0.0397. The molecule has 3 N–H and O–H groups in total. The third-order valence-corrected chi connectivity index (χ3v) is 7.03. The van der Waals surface area contributed by atoms with Crippen LogP contribution in [-0.2, 0) is 11.3 Å². The van der Waals surface area contributed by atoms with Crippen LogP contribution in [-0.4, -0.2) is 35.6 Å². The highest BCUT2D eigenvalue weighted by Crippen LogP contribution is 2.35. The normalized spacial score (nSPS) is 21.5. The first-order valence-corrected chi connectivity index (χ1v) is 11.9. The van der Waals surface area contributed by atoms with Gasteiger partial charge in [-0.1, -0.05) is 11.6 Å². The SMILES string of the molecule is NC1CCC(N(Cc2cc(NC(=O)C3CC3)ccc2Cl)C(=O)c2ccc3c(c2)OCO3)CC1. The second kappa shape index (κ2) is 9.23. The lowest BCUT2D eigenvalue weighted by Crippen LogP contribution is -2.44. The topological polar surface area (TPSA) is 93.9 Å². The van der Waals surface area contributed by atoms with Gasteiger partial charge in [-0.3, -0.25) is 9.59 Å². The summed E-state index contributed by atoms with van der Waals surface area (Å²) in [6.07, 6.45) is 5.31. The van der Waals surface area contributed by atoms with E-state index in [0.717, 1.165) is 44.1 Å². The quantitative estimate of drug-likeness (QED) is 0.656. The summed E-state index contributed by atoms with van der Waals surface area (Å²) in [5.74, 6) is 1.29. The first kappa shape index (κ1) is 22.0. The summed E-state index contributed by atoms with van der Waals surface area (Å²) in [7, 11) is 0. The van der Waals surface area contributed by atoms with Crippen LogP contribution in [0.15, 0.2) is 36.4 Å². The van der Waals surface area contributed by atoms with Crippen LogP contribution in [0.5, 0.6) is 11.5 Å². The lowest BCUT2D eigenvalue weighted by molar-refractivity contribution is -0.117. The second-order valence-corrected chi connectivity index (χ2v) is 9.55. The molecule has 2 aromatic rings. The van der Waals surface area contributed by atoms with E-state index in [0.29, 0.717) is 34.3 Å². The predicted molar refractivity (Wildman–Crippen MR) is 125 cm³/mol. The maximum absolute atomic E-state index is 13.7. The molecule has 0 bridgehead atoms. The Hall–Kier alpha value is -2.77. The Kier molecular flexibility index (Phi) is 6.17. The minimum atomic E-state index is -0.0859. The molecule has 3 aliphatic rings. The van der Waals surface area contributed by atoms with Crippen LogP contribution in [0.2, 0.25) is 5.02 Å². The third kappa shape index (κ3) is 4.94. The molecule has 2 saturated carbocycles. The van der Waals surface area contributed by atoms with Crippen molar-refractivity contribution in [3.63, 3.8) is 0 Å². The van der Waals surface area contributed by atoms with Gasteiger partial charge in [0.05, 0.1) is 0 Å². The standard InChI is InChI=1S/C25H28ClN3O4/c26-21-9-6-19(28-24(30)15-1-2-15)11-17(21)13-29(20-7-4-18(27)5-8-20)25(31)16-3-10-22-23(12-16)33-14-32-22/h3,6,9-12,15,18,20H,1-2,4-5,7-8,13-14,27H2,(H,28,30). The zero-order chi connectivity index (χ0) is 22.9. The Morgan fingerprint density at radius 1 is 1.00 bits per heavy atom. The number of carbonyl (C=O) groups is 2. The van der Waals surface area contributed by atoms with Gasteiger partial charge >= 0.3 is 0 Å². The number of amides is 2. The van der Waals surface area contributed by atoms with Crippen molar-refractivity contribution in [3.05, 3.63) is 52.5 Å². The highest BCUT2D eigenvalue weighted by Gasteiger charge is 2.31. The lowest BCUT2D eigenvalue weighted by Gasteiger charge is -2.36. The summed E-state index contributed by atoms with van der Waals surface area (Å²) in [6, 6.07) is 11.0. The molecule has 2 aromatic carbocycles. The van der Waals surface area contributed by atoms with Gasteiger partial charge in [0.25, 0.3) is 5.91 Å². The van der Waals surface area contributed by atoms with Crippen molar-refractivity contribution in [1.82, 2.24) is 4.90 Å². The van der Waals surface area contributed by atoms with Crippen molar-refractivity contribution in [2.24, 2.45) is 11.7 Å². The Labute approximate surface area is 198 Å². The minimum Gasteiger partial charge on any atom is -0.454 e. The van der Waals surface area contributed by atoms with Crippen molar-refractivity contribution in [2.45, 2.75) is 57.2 Å². The van der Waals surface area contributed by atoms with Crippen molar-refractivity contribution in [3.8, 4) is 11.5 Å². The number of hydrogen-bond donors (Lipinski definition) is 2. The van der Waals surface area contributed by atoms with Gasteiger partial charge in [-0.25, -0.2) is 0 Å². The van der Waals surface area contributed by atoms with Crippen molar-refractivity contribution in [2.75, 3.05) is 12.1 Å². The number of anilines is 1. The summed E-state index contributed by atoms with van der Waals surface area (Å²) in [6.45, 7) is 0.505. The molecule has 8 heteroatoms. The largest absolute Gasteiger partial charge is 0.454 e. The Morgan fingerprint density at radius 2 is 1.76 bits per heavy atom. The molecule has 33 heavy (non-hydrogen) atoms. The summed E-state index contributed by atoms with van der Waals surface area (Å²) in [5, 5.41) is 3.54. The van der Waals surface area contributed by atoms with Gasteiger partial charge < -0.3 is 25.4 Å². The fourth-order valence-electron chi connectivity index (χ4n) is 4.52. The summed E-state index contributed by atoms with van der Waals surface area (Å²) in [5.41, 5.74) is 8.17. The van der Waals surface area contributed by atoms with E-state index in [9.17, 15) is 9.59 Å². The monoisotopic (exact) mass is 469 g/mol. The van der Waals surface area contributed by atoms with Gasteiger partial charge in [0.15, 0.2) is 11.5 Å². The Bertz CT molecular complexity index is 1060. The van der Waals surface area contributed by atoms with Crippen molar-refractivity contribution in [1.29, 1.82) is 0 Å². The van der Waals surface area contributed by atoms with E-state index < -0.39 is 0 Å². The smallest absolute Gasteiger partial charge is 0.254 e. The molecule has 1 heterocycles. The maximum atomic E-state index is 13.7. The molecular formula is C25H28ClN3O4. The van der Waals surface area contributed by atoms with Crippen molar-refractivity contribution >= 4 is 29.1 Å². The van der Waals surface area contributed by atoms with Crippen LogP contribution in [0.4, 0.5) is 5.69 Å². The van der Waals surface area contributed by atoms with Crippen molar-refractivity contribution < 1.29 is 19.1 Å². The number of nitrogens with two attached hydrogens (primary N) is 1. The fourth-order valence-corrected chi connectivity index (χ4v) is 4.70. The van der Waals surface area contributed by atoms with Gasteiger partial charge in [-0.05, 0) is 80.5 Å². The van der Waals surface area contributed by atoms with Crippen LogP contribution in [0.3, 0.4) is 0 Å². The number of rotatable bonds is 6. The second-order valence-electron chi connectivity index (χ2n) is 9.14. The Balaban J connectivity index is 1.41. The number of nitrogens with zero attached hydrogens (tertiary/aromatic N) is 1. The zero-order valence-electron chi connectivity index (χ0n) is 18.4. The van der Waals surface area contributed by atoms with E-state index in [1.54, 1.807) is 30.3 Å². The maximum Gasteiger partial charge on any atom is 0.254 e. The molecule has 0 unspecified atom stereocenters. The zero-order valence-corrected chi connectivity index (χ0v) is 19.1. The molecule has 174 valence electrons. The molecule has 1 aliphatic heterocycles. The summed E-state index contributed by atoms with van der Waals surface area (Å²) >= 11 is 6.53. The number of nitrogens with one attached hydrogen (secondary N) is 1. The molecule has 5 rings (SSSR count). The van der Waals surface area contributed by atoms with E-state index in [4.69, 9.17) is 26.8 Å². The van der Waals surface area contributed by atoms with Gasteiger partial charge in [-0.15, -0.1) is 0 Å². The van der Waals surface area contributed by atoms with E-state index in [-0.39, 0.29) is 36.6 Å². The summed E-state index contributed by atoms with van der Waals surface area (Å²) in [4.78, 5) is 27.8. The predicted octanol–water partition coefficient (Wildman–Crippen LogP) is 4.33. The molecule has 7 nitrogen and oxygen atoms in total. The lowest BCUT2D eigenvalue weighted by atomic mass is 9.90. The fraction of sp³-hybridized carbons (Fsp3) is 0.440. The van der Waals surface area contributed by atoms with Gasteiger partial charge in [0.2, 0.25) is 12.7 Å². The molecule has 0 saturated heterocycles. The van der Waals surface area contributed by atoms with Gasteiger partial charge in [0.1, 0.15) is 0 Å². The first-order valence-electron chi connectivity index (χ1n) is 11.5. The number of carbonyl (C=O) groups excluding carboxylic acids is 2. The number of benzene rings is 2. The highest BCUT2D eigenvalue weighted by atomic mass is 35.5. The Morgan fingerprint density at radius 3 is 2.52 bits per heavy atom. The van der Waals surface area contributed by atoms with Crippen LogP contribution in [0, 0.1) is 5.92 Å². The number of fused-ring (bicyclic) bond motifs is 1. The molecule has 2 fully saturated rings. The van der Waals surface area contributed by atoms with Crippen LogP contribution in [0.1, 0.15) is 54.4 Å². The van der Waals surface area contributed by atoms with E-state index in [1.807, 2.05) is 11.0 Å². The third-order valence-electron chi connectivity index (χ3n) is 6.66. The molecule has 0 spiro atoms. The molecule has 2 aliphatic carbocycles. The summed E-state index contributed by atoms with van der Waals surface area (Å²) < 4.78 is 10.9. The van der Waals surface area contributed by atoms with Gasteiger partial charge in [0, 0.05) is 40.8 Å². The molecule has 0 radical (unpaired) electrons. The average molecular weight is 470 g/mol. The molecule has 2 amide bonds. The number of hydrogen-bond acceptors (Lipinski definition) is 5. The van der Waals surface area contributed by atoms with E-state index >= 15 is 0 Å². The average Bonchev–Trinajstić information content (AvgIpc) is 3.57. The molecular weight excluding hydrogens is 442 g/mol. The molecule has 0 atom stereocenters.